The fraction of sp³-hybridized carbons (Fsp3) is 0.462. The maximum Gasteiger partial charge on any atom is 0.243 e. The Kier molecular flexibility index (Phi) is 5.33. The maximum absolute atomic E-state index is 12.8. The van der Waals surface area contributed by atoms with E-state index in [1.54, 1.807) is 0 Å². The van der Waals surface area contributed by atoms with Gasteiger partial charge in [0.1, 0.15) is 6.07 Å². The summed E-state index contributed by atoms with van der Waals surface area (Å²) in [5.41, 5.74) is 0.262. The first-order chi connectivity index (χ1) is 10.0. The van der Waals surface area contributed by atoms with E-state index in [0.29, 0.717) is 26.2 Å². The molecule has 3 rings (SSSR count). The molecule has 2 fully saturated rings. The van der Waals surface area contributed by atoms with Crippen LogP contribution in [0.2, 0.25) is 5.02 Å². The average Bonchev–Trinajstić information content (AvgIpc) is 2.95. The molecule has 0 aliphatic carbocycles. The van der Waals surface area contributed by atoms with Gasteiger partial charge in [0.25, 0.3) is 0 Å². The lowest BCUT2D eigenvalue weighted by molar-refractivity contribution is -0.0149. The molecule has 9 heteroatoms. The van der Waals surface area contributed by atoms with Crippen LogP contribution in [0.25, 0.3) is 0 Å². The second-order valence-corrected chi connectivity index (χ2v) is 7.30. The standard InChI is InChI=1S/C13H14ClN3O3S.ClH/c14-11-5-10(2-1-9(11)6-15)21(18,19)17-3-4-20-13-8-16-7-12(13)17;/h1-2,5,12-13,16H,3-4,7-8H2;1H/t12-,13+;/m1./s1. The minimum Gasteiger partial charge on any atom is -0.374 e. The molecule has 0 amide bonds. The SMILES string of the molecule is Cl.N#Cc1ccc(S(=O)(=O)N2CCO[C@H]3CNC[C@H]32)cc1Cl. The molecule has 0 aromatic heterocycles. The third-order valence-corrected chi connectivity index (χ3v) is 6.04. The van der Waals surface area contributed by atoms with Gasteiger partial charge in [-0.25, -0.2) is 8.42 Å². The molecule has 2 heterocycles. The summed E-state index contributed by atoms with van der Waals surface area (Å²) < 4.78 is 32.6. The van der Waals surface area contributed by atoms with Gasteiger partial charge in [-0.3, -0.25) is 0 Å². The number of hydrogen-bond donors (Lipinski definition) is 1. The Morgan fingerprint density at radius 1 is 1.41 bits per heavy atom. The van der Waals surface area contributed by atoms with E-state index in [0.717, 1.165) is 0 Å². The highest BCUT2D eigenvalue weighted by molar-refractivity contribution is 7.89. The fourth-order valence-electron chi connectivity index (χ4n) is 2.74. The van der Waals surface area contributed by atoms with Crippen LogP contribution < -0.4 is 5.32 Å². The van der Waals surface area contributed by atoms with Gasteiger partial charge in [0.15, 0.2) is 0 Å². The van der Waals surface area contributed by atoms with Gasteiger partial charge in [-0.15, -0.1) is 12.4 Å². The Hall–Kier alpha value is -0.880. The average molecular weight is 364 g/mol. The molecule has 1 N–H and O–H groups in total. The zero-order valence-electron chi connectivity index (χ0n) is 11.5. The summed E-state index contributed by atoms with van der Waals surface area (Å²) in [6.07, 6.45) is -0.109. The van der Waals surface area contributed by atoms with E-state index in [-0.39, 0.29) is 40.0 Å². The van der Waals surface area contributed by atoms with Crippen molar-refractivity contribution in [3.05, 3.63) is 28.8 Å². The van der Waals surface area contributed by atoms with Crippen molar-refractivity contribution in [3.63, 3.8) is 0 Å². The van der Waals surface area contributed by atoms with Gasteiger partial charge < -0.3 is 10.1 Å². The Bertz CT molecular complexity index is 705. The molecule has 2 atom stereocenters. The molecule has 2 saturated heterocycles. The lowest BCUT2D eigenvalue weighted by Crippen LogP contribution is -2.53. The molecule has 0 radical (unpaired) electrons. The summed E-state index contributed by atoms with van der Waals surface area (Å²) in [5, 5.41) is 12.2. The van der Waals surface area contributed by atoms with Crippen molar-refractivity contribution in [2.45, 2.75) is 17.0 Å². The van der Waals surface area contributed by atoms with Crippen molar-refractivity contribution in [2.75, 3.05) is 26.2 Å². The lowest BCUT2D eigenvalue weighted by atomic mass is 10.2. The van der Waals surface area contributed by atoms with Gasteiger partial charge in [0.05, 0.1) is 34.2 Å². The predicted octanol–water partition coefficient (Wildman–Crippen LogP) is 0.995. The number of nitrogens with zero attached hydrogens (tertiary/aromatic N) is 2. The largest absolute Gasteiger partial charge is 0.374 e. The van der Waals surface area contributed by atoms with Crippen LogP contribution in [0, 0.1) is 11.3 Å². The van der Waals surface area contributed by atoms with Crippen molar-refractivity contribution >= 4 is 34.0 Å². The number of ether oxygens (including phenoxy) is 1. The molecule has 1 aromatic carbocycles. The number of fused-ring (bicyclic) bond motifs is 1. The van der Waals surface area contributed by atoms with Crippen LogP contribution in [0.1, 0.15) is 5.56 Å². The van der Waals surface area contributed by atoms with Crippen molar-refractivity contribution in [3.8, 4) is 6.07 Å². The number of halogens is 2. The van der Waals surface area contributed by atoms with Gasteiger partial charge in [0.2, 0.25) is 10.0 Å². The van der Waals surface area contributed by atoms with Crippen molar-refractivity contribution in [1.82, 2.24) is 9.62 Å². The van der Waals surface area contributed by atoms with Crippen molar-refractivity contribution in [1.29, 1.82) is 5.26 Å². The fourth-order valence-corrected chi connectivity index (χ4v) is 4.69. The van der Waals surface area contributed by atoms with Crippen molar-refractivity contribution in [2.24, 2.45) is 0 Å². The highest BCUT2D eigenvalue weighted by Crippen LogP contribution is 2.27. The van der Waals surface area contributed by atoms with E-state index >= 15 is 0 Å². The monoisotopic (exact) mass is 363 g/mol. The quantitative estimate of drug-likeness (QED) is 0.847. The summed E-state index contributed by atoms with van der Waals surface area (Å²) in [7, 11) is -3.64. The Morgan fingerprint density at radius 3 is 2.86 bits per heavy atom. The third-order valence-electron chi connectivity index (χ3n) is 3.81. The first kappa shape index (κ1) is 17.5. The number of sulfonamides is 1. The highest BCUT2D eigenvalue weighted by Gasteiger charge is 2.42. The van der Waals surface area contributed by atoms with Crippen LogP contribution in [0.3, 0.4) is 0 Å². The number of benzene rings is 1. The van der Waals surface area contributed by atoms with E-state index in [4.69, 9.17) is 21.6 Å². The van der Waals surface area contributed by atoms with Gasteiger partial charge in [-0.05, 0) is 18.2 Å². The first-order valence-corrected chi connectivity index (χ1v) is 8.39. The summed E-state index contributed by atoms with van der Waals surface area (Å²) in [4.78, 5) is 0.110. The Morgan fingerprint density at radius 2 is 2.18 bits per heavy atom. The number of nitrogens with one attached hydrogen (secondary N) is 1. The Balaban J connectivity index is 0.00000176. The highest BCUT2D eigenvalue weighted by atomic mass is 35.5. The molecule has 0 bridgehead atoms. The molecule has 2 aliphatic rings. The molecule has 0 spiro atoms. The predicted molar refractivity (Wildman–Crippen MR) is 83.7 cm³/mol. The molecule has 1 aromatic rings. The minimum atomic E-state index is -3.64. The number of nitriles is 1. The molecule has 6 nitrogen and oxygen atoms in total. The van der Waals surface area contributed by atoms with E-state index in [2.05, 4.69) is 5.32 Å². The second-order valence-electron chi connectivity index (χ2n) is 5.00. The number of morpholine rings is 1. The van der Waals surface area contributed by atoms with E-state index in [1.807, 2.05) is 6.07 Å². The summed E-state index contributed by atoms with van der Waals surface area (Å²) in [6.45, 7) is 1.94. The van der Waals surface area contributed by atoms with E-state index < -0.39 is 10.0 Å². The third kappa shape index (κ3) is 2.95. The minimum absolute atomic E-state index is 0. The van der Waals surface area contributed by atoms with Gasteiger partial charge in [-0.1, -0.05) is 11.6 Å². The summed E-state index contributed by atoms with van der Waals surface area (Å²) in [5.74, 6) is 0. The molecule has 22 heavy (non-hydrogen) atoms. The molecular weight excluding hydrogens is 349 g/mol. The van der Waals surface area contributed by atoms with Crippen LogP contribution in [-0.4, -0.2) is 51.1 Å². The maximum atomic E-state index is 12.8. The van der Waals surface area contributed by atoms with Crippen LogP contribution in [0.4, 0.5) is 0 Å². The summed E-state index contributed by atoms with van der Waals surface area (Å²) >= 11 is 5.94. The first-order valence-electron chi connectivity index (χ1n) is 6.58. The van der Waals surface area contributed by atoms with Crippen LogP contribution in [0.5, 0.6) is 0 Å². The van der Waals surface area contributed by atoms with Gasteiger partial charge in [0, 0.05) is 19.6 Å². The molecular formula is C13H15Cl2N3O3S. The second kappa shape index (κ2) is 6.71. The van der Waals surface area contributed by atoms with Crippen LogP contribution >= 0.6 is 24.0 Å². The topological polar surface area (TPSA) is 82.4 Å². The molecule has 0 unspecified atom stereocenters. The van der Waals surface area contributed by atoms with Crippen molar-refractivity contribution < 1.29 is 13.2 Å². The normalized spacial score (nSPS) is 25.1. The Labute approximate surface area is 140 Å². The zero-order valence-corrected chi connectivity index (χ0v) is 13.9. The summed E-state index contributed by atoms with van der Waals surface area (Å²) in [6, 6.07) is 5.91. The smallest absolute Gasteiger partial charge is 0.243 e. The molecule has 120 valence electrons. The lowest BCUT2D eigenvalue weighted by Gasteiger charge is -2.35. The van der Waals surface area contributed by atoms with Crippen LogP contribution in [0.15, 0.2) is 23.1 Å². The number of hydrogen-bond acceptors (Lipinski definition) is 5. The molecule has 2 aliphatic heterocycles. The zero-order chi connectivity index (χ0) is 15.0. The van der Waals surface area contributed by atoms with Gasteiger partial charge >= 0.3 is 0 Å². The molecule has 0 saturated carbocycles. The van der Waals surface area contributed by atoms with E-state index in [1.165, 1.54) is 22.5 Å². The van der Waals surface area contributed by atoms with Gasteiger partial charge in [-0.2, -0.15) is 9.57 Å². The van der Waals surface area contributed by atoms with Crippen LogP contribution in [-0.2, 0) is 14.8 Å². The number of rotatable bonds is 2. The van der Waals surface area contributed by atoms with E-state index in [9.17, 15) is 8.42 Å².